The van der Waals surface area contributed by atoms with Crippen LogP contribution in [0.1, 0.15) is 48.6 Å². The molecule has 0 aliphatic heterocycles. The molecule has 9 heteroatoms. The molecule has 0 saturated heterocycles. The van der Waals surface area contributed by atoms with Crippen molar-refractivity contribution in [3.8, 4) is 0 Å². The van der Waals surface area contributed by atoms with Crippen LogP contribution in [-0.2, 0) is 32.6 Å². The Kier molecular flexibility index (Phi) is 11.0. The lowest BCUT2D eigenvalue weighted by Crippen LogP contribution is -2.56. The largest absolute Gasteiger partial charge is 0.350 e. The maximum Gasteiger partial charge on any atom is 0.264 e. The van der Waals surface area contributed by atoms with Crippen LogP contribution >= 0.6 is 11.6 Å². The second-order valence-electron chi connectivity index (χ2n) is 12.6. The van der Waals surface area contributed by atoms with Crippen LogP contribution in [0.5, 0.6) is 0 Å². The van der Waals surface area contributed by atoms with E-state index in [0.29, 0.717) is 16.3 Å². The van der Waals surface area contributed by atoms with E-state index in [4.69, 9.17) is 11.6 Å². The fourth-order valence-corrected chi connectivity index (χ4v) is 6.93. The number of amides is 2. The van der Waals surface area contributed by atoms with Crippen molar-refractivity contribution in [1.29, 1.82) is 0 Å². The molecule has 0 aliphatic carbocycles. The van der Waals surface area contributed by atoms with E-state index >= 15 is 0 Å². The molecule has 0 spiro atoms. The summed E-state index contributed by atoms with van der Waals surface area (Å²) < 4.78 is 29.7. The Morgan fingerprint density at radius 2 is 1.46 bits per heavy atom. The second-order valence-corrected chi connectivity index (χ2v) is 14.9. The highest BCUT2D eigenvalue weighted by atomic mass is 35.5. The van der Waals surface area contributed by atoms with Gasteiger partial charge in [0.1, 0.15) is 12.6 Å². The van der Waals surface area contributed by atoms with Crippen LogP contribution in [0, 0.1) is 20.8 Å². The first-order chi connectivity index (χ1) is 21.7. The smallest absolute Gasteiger partial charge is 0.264 e. The molecule has 0 aliphatic rings. The van der Waals surface area contributed by atoms with Crippen molar-refractivity contribution >= 4 is 39.1 Å². The standard InChI is InChI=1S/C37H42ClN3O4S/c1-26-16-19-32(20-17-26)46(44,45)41(33-21-18-31(38)22-28(33)3)25-35(42)40(24-30-15-11-10-12-27(30)2)34(36(43)39-37(4,5)6)23-29-13-8-7-9-14-29/h7-22,34H,23-25H2,1-6H3,(H,39,43)/t34-/m1/s1. The molecule has 46 heavy (non-hydrogen) atoms. The molecule has 7 nitrogen and oxygen atoms in total. The number of carbonyl (C=O) groups excluding carboxylic acids is 2. The molecule has 4 rings (SSSR count). The van der Waals surface area contributed by atoms with E-state index in [1.54, 1.807) is 37.3 Å². The highest BCUT2D eigenvalue weighted by molar-refractivity contribution is 7.92. The Balaban J connectivity index is 1.85. The zero-order valence-electron chi connectivity index (χ0n) is 27.2. The van der Waals surface area contributed by atoms with Crippen LogP contribution in [0.2, 0.25) is 5.02 Å². The lowest BCUT2D eigenvalue weighted by atomic mass is 10.00. The van der Waals surface area contributed by atoms with E-state index in [0.717, 1.165) is 26.6 Å². The van der Waals surface area contributed by atoms with Gasteiger partial charge in [0, 0.05) is 23.5 Å². The van der Waals surface area contributed by atoms with Gasteiger partial charge in [0.25, 0.3) is 10.0 Å². The van der Waals surface area contributed by atoms with Gasteiger partial charge in [-0.3, -0.25) is 13.9 Å². The van der Waals surface area contributed by atoms with Gasteiger partial charge in [0.15, 0.2) is 0 Å². The molecule has 0 fully saturated rings. The molecule has 2 amide bonds. The molecule has 242 valence electrons. The van der Waals surface area contributed by atoms with Crippen LogP contribution in [0.4, 0.5) is 5.69 Å². The SMILES string of the molecule is Cc1ccc(S(=O)(=O)N(CC(=O)N(Cc2ccccc2C)[C@H](Cc2ccccc2)C(=O)NC(C)(C)C)c2ccc(Cl)cc2C)cc1. The van der Waals surface area contributed by atoms with Crippen LogP contribution in [0.3, 0.4) is 0 Å². The summed E-state index contributed by atoms with van der Waals surface area (Å²) in [6.45, 7) is 10.8. The van der Waals surface area contributed by atoms with Gasteiger partial charge >= 0.3 is 0 Å². The fourth-order valence-electron chi connectivity index (χ4n) is 5.23. The fraction of sp³-hybridized carbons (Fsp3) is 0.297. The minimum absolute atomic E-state index is 0.0528. The molecular weight excluding hydrogens is 618 g/mol. The first-order valence-electron chi connectivity index (χ1n) is 15.2. The third-order valence-electron chi connectivity index (χ3n) is 7.69. The molecule has 1 N–H and O–H groups in total. The Bertz CT molecular complexity index is 1790. The van der Waals surface area contributed by atoms with Crippen molar-refractivity contribution in [2.75, 3.05) is 10.8 Å². The number of sulfonamides is 1. The topological polar surface area (TPSA) is 86.8 Å². The summed E-state index contributed by atoms with van der Waals surface area (Å²) in [7, 11) is -4.21. The number of halogens is 1. The number of nitrogens with zero attached hydrogens (tertiary/aromatic N) is 2. The van der Waals surface area contributed by atoms with Crippen molar-refractivity contribution in [3.63, 3.8) is 0 Å². The van der Waals surface area contributed by atoms with Crippen molar-refractivity contribution in [2.45, 2.75) is 71.0 Å². The minimum atomic E-state index is -4.21. The van der Waals surface area contributed by atoms with Crippen molar-refractivity contribution in [3.05, 3.63) is 130 Å². The summed E-state index contributed by atoms with van der Waals surface area (Å²) in [5.41, 5.74) is 3.94. The number of carbonyl (C=O) groups is 2. The van der Waals surface area contributed by atoms with Gasteiger partial charge in [-0.25, -0.2) is 8.42 Å². The summed E-state index contributed by atoms with van der Waals surface area (Å²) in [5.74, 6) is -0.841. The third kappa shape index (κ3) is 8.77. The number of rotatable bonds is 11. The summed E-state index contributed by atoms with van der Waals surface area (Å²) in [4.78, 5) is 30.3. The summed E-state index contributed by atoms with van der Waals surface area (Å²) in [6, 6.07) is 27.6. The van der Waals surface area contributed by atoms with Crippen LogP contribution in [0.25, 0.3) is 0 Å². The number of aryl methyl sites for hydroxylation is 3. The molecule has 0 saturated carbocycles. The molecule has 0 bridgehead atoms. The van der Waals surface area contributed by atoms with E-state index in [1.165, 1.54) is 17.0 Å². The molecular formula is C37H42ClN3O4S. The average Bonchev–Trinajstić information content (AvgIpc) is 2.98. The Morgan fingerprint density at radius 1 is 0.826 bits per heavy atom. The molecule has 0 aromatic heterocycles. The second kappa shape index (κ2) is 14.5. The summed E-state index contributed by atoms with van der Waals surface area (Å²) in [6.07, 6.45) is 0.241. The minimum Gasteiger partial charge on any atom is -0.350 e. The van der Waals surface area contributed by atoms with Crippen LogP contribution in [-0.4, -0.2) is 43.3 Å². The zero-order valence-corrected chi connectivity index (χ0v) is 28.8. The lowest BCUT2D eigenvalue weighted by Gasteiger charge is -2.36. The van der Waals surface area contributed by atoms with Gasteiger partial charge in [-0.05, 0) is 94.1 Å². The van der Waals surface area contributed by atoms with Crippen LogP contribution < -0.4 is 9.62 Å². The monoisotopic (exact) mass is 659 g/mol. The van der Waals surface area contributed by atoms with Gasteiger partial charge in [-0.2, -0.15) is 0 Å². The molecule has 0 radical (unpaired) electrons. The third-order valence-corrected chi connectivity index (χ3v) is 9.70. The number of hydrogen-bond donors (Lipinski definition) is 1. The number of hydrogen-bond acceptors (Lipinski definition) is 4. The van der Waals surface area contributed by atoms with Crippen LogP contribution in [0.15, 0.2) is 102 Å². The molecule has 0 unspecified atom stereocenters. The predicted molar refractivity (Wildman–Crippen MR) is 185 cm³/mol. The van der Waals surface area contributed by atoms with Crippen molar-refractivity contribution in [1.82, 2.24) is 10.2 Å². The van der Waals surface area contributed by atoms with E-state index < -0.39 is 34.1 Å². The highest BCUT2D eigenvalue weighted by Gasteiger charge is 2.36. The average molecular weight is 660 g/mol. The lowest BCUT2D eigenvalue weighted by molar-refractivity contribution is -0.140. The molecule has 0 heterocycles. The van der Waals surface area contributed by atoms with E-state index in [-0.39, 0.29) is 23.8 Å². The predicted octanol–water partition coefficient (Wildman–Crippen LogP) is 7.02. The van der Waals surface area contributed by atoms with Crippen molar-refractivity contribution in [2.24, 2.45) is 0 Å². The quantitative estimate of drug-likeness (QED) is 0.188. The first kappa shape index (κ1) is 34.7. The van der Waals surface area contributed by atoms with Gasteiger partial charge < -0.3 is 10.2 Å². The maximum atomic E-state index is 14.7. The highest BCUT2D eigenvalue weighted by Crippen LogP contribution is 2.30. The summed E-state index contributed by atoms with van der Waals surface area (Å²) in [5, 5.41) is 3.51. The number of anilines is 1. The van der Waals surface area contributed by atoms with E-state index in [9.17, 15) is 18.0 Å². The van der Waals surface area contributed by atoms with E-state index in [1.807, 2.05) is 89.2 Å². The molecule has 4 aromatic rings. The summed E-state index contributed by atoms with van der Waals surface area (Å²) >= 11 is 6.25. The van der Waals surface area contributed by atoms with E-state index in [2.05, 4.69) is 5.32 Å². The zero-order chi connectivity index (χ0) is 33.6. The first-order valence-corrected chi connectivity index (χ1v) is 17.0. The number of nitrogens with one attached hydrogen (secondary N) is 1. The Labute approximate surface area is 278 Å². The molecule has 4 aromatic carbocycles. The van der Waals surface area contributed by atoms with Crippen molar-refractivity contribution < 1.29 is 18.0 Å². The van der Waals surface area contributed by atoms with Gasteiger partial charge in [-0.15, -0.1) is 0 Å². The normalized spacial score (nSPS) is 12.3. The molecule has 1 atom stereocenters. The van der Waals surface area contributed by atoms with Gasteiger partial charge in [-0.1, -0.05) is 83.9 Å². The van der Waals surface area contributed by atoms with Gasteiger partial charge in [0.2, 0.25) is 11.8 Å². The Morgan fingerprint density at radius 3 is 2.07 bits per heavy atom. The maximum absolute atomic E-state index is 14.7. The Hall–Kier alpha value is -4.14. The van der Waals surface area contributed by atoms with Gasteiger partial charge in [0.05, 0.1) is 10.6 Å². The number of benzene rings is 4.